The number of aromatic nitrogens is 1. The largest absolute Gasteiger partial charge is 0.299 e. The molecule has 0 amide bonds. The van der Waals surface area contributed by atoms with Crippen LogP contribution in [0.4, 0.5) is 0 Å². The molecule has 0 saturated carbocycles. The Balaban J connectivity index is 2.34. The third-order valence-electron chi connectivity index (χ3n) is 2.79. The highest BCUT2D eigenvalue weighted by atomic mass is 16.1. The van der Waals surface area contributed by atoms with Gasteiger partial charge in [-0.15, -0.1) is 0 Å². The van der Waals surface area contributed by atoms with Gasteiger partial charge in [0.1, 0.15) is 5.78 Å². The van der Waals surface area contributed by atoms with Crippen molar-refractivity contribution < 1.29 is 4.79 Å². The Hall–Kier alpha value is -1.18. The summed E-state index contributed by atoms with van der Waals surface area (Å²) in [6.45, 7) is 6.03. The molecule has 2 heteroatoms. The molecule has 88 valence electrons. The van der Waals surface area contributed by atoms with Crippen LogP contribution in [-0.2, 0) is 17.6 Å². The first-order valence-electron chi connectivity index (χ1n) is 6.10. The van der Waals surface area contributed by atoms with Gasteiger partial charge < -0.3 is 0 Å². The highest BCUT2D eigenvalue weighted by Gasteiger charge is 2.06. The van der Waals surface area contributed by atoms with Crippen molar-refractivity contribution >= 4 is 5.78 Å². The molecule has 0 aliphatic carbocycles. The normalized spacial score (nSPS) is 10.8. The van der Waals surface area contributed by atoms with Gasteiger partial charge in [-0.2, -0.15) is 0 Å². The molecule has 0 aliphatic rings. The summed E-state index contributed by atoms with van der Waals surface area (Å²) in [6, 6.07) is 4.19. The molecule has 0 aromatic carbocycles. The van der Waals surface area contributed by atoms with Gasteiger partial charge in [0.05, 0.1) is 0 Å². The van der Waals surface area contributed by atoms with Gasteiger partial charge in [-0.25, -0.2) is 0 Å². The van der Waals surface area contributed by atoms with E-state index >= 15 is 0 Å². The van der Waals surface area contributed by atoms with Crippen LogP contribution in [0.15, 0.2) is 18.3 Å². The zero-order valence-corrected chi connectivity index (χ0v) is 10.5. The summed E-state index contributed by atoms with van der Waals surface area (Å²) in [4.78, 5) is 15.8. The standard InChI is InChI=1S/C14H21NO/c1-4-12-8-9-13(15-10-12)6-5-7-14(16)11(2)3/h8-11H,4-7H2,1-3H3. The van der Waals surface area contributed by atoms with Crippen LogP contribution in [0.2, 0.25) is 0 Å². The van der Waals surface area contributed by atoms with Gasteiger partial charge in [0.15, 0.2) is 0 Å². The third kappa shape index (κ3) is 4.13. The van der Waals surface area contributed by atoms with E-state index in [0.29, 0.717) is 12.2 Å². The molecule has 0 N–H and O–H groups in total. The van der Waals surface area contributed by atoms with E-state index in [1.165, 1.54) is 5.56 Å². The number of hydrogen-bond acceptors (Lipinski definition) is 2. The average Bonchev–Trinajstić information content (AvgIpc) is 2.29. The van der Waals surface area contributed by atoms with Crippen LogP contribution in [0.25, 0.3) is 0 Å². The van der Waals surface area contributed by atoms with Gasteiger partial charge in [-0.05, 0) is 30.9 Å². The number of aryl methyl sites for hydroxylation is 2. The maximum atomic E-state index is 11.4. The maximum Gasteiger partial charge on any atom is 0.135 e. The van der Waals surface area contributed by atoms with Crippen LogP contribution >= 0.6 is 0 Å². The lowest BCUT2D eigenvalue weighted by Gasteiger charge is -2.04. The molecule has 0 fully saturated rings. The molecule has 1 heterocycles. The van der Waals surface area contributed by atoms with Gasteiger partial charge in [0, 0.05) is 24.2 Å². The molecule has 1 aromatic heterocycles. The first-order chi connectivity index (χ1) is 7.63. The second-order valence-corrected chi connectivity index (χ2v) is 4.49. The molecule has 1 aromatic rings. The predicted octanol–water partition coefficient (Wildman–Crippen LogP) is 3.19. The molecule has 2 nitrogen and oxygen atoms in total. The Labute approximate surface area is 98.1 Å². The molecule has 0 radical (unpaired) electrons. The van der Waals surface area contributed by atoms with Crippen LogP contribution in [0.5, 0.6) is 0 Å². The zero-order valence-electron chi connectivity index (χ0n) is 10.5. The van der Waals surface area contributed by atoms with Crippen molar-refractivity contribution in [1.29, 1.82) is 0 Å². The first-order valence-corrected chi connectivity index (χ1v) is 6.10. The Bertz CT molecular complexity index is 327. The Kier molecular flexibility index (Phi) is 5.17. The van der Waals surface area contributed by atoms with Crippen molar-refractivity contribution in [1.82, 2.24) is 4.98 Å². The number of carbonyl (C=O) groups excluding carboxylic acids is 1. The second-order valence-electron chi connectivity index (χ2n) is 4.49. The molecule has 16 heavy (non-hydrogen) atoms. The van der Waals surface area contributed by atoms with Crippen LogP contribution in [-0.4, -0.2) is 10.8 Å². The van der Waals surface area contributed by atoms with E-state index in [0.717, 1.165) is 25.0 Å². The lowest BCUT2D eigenvalue weighted by molar-refractivity contribution is -0.121. The minimum absolute atomic E-state index is 0.162. The fourth-order valence-electron chi connectivity index (χ4n) is 1.54. The zero-order chi connectivity index (χ0) is 12.0. The molecular formula is C14H21NO. The van der Waals surface area contributed by atoms with Gasteiger partial charge in [0.25, 0.3) is 0 Å². The van der Waals surface area contributed by atoms with E-state index in [4.69, 9.17) is 0 Å². The fourth-order valence-corrected chi connectivity index (χ4v) is 1.54. The van der Waals surface area contributed by atoms with Crippen molar-refractivity contribution in [2.75, 3.05) is 0 Å². The predicted molar refractivity (Wildman–Crippen MR) is 66.4 cm³/mol. The van der Waals surface area contributed by atoms with E-state index in [-0.39, 0.29) is 5.92 Å². The minimum atomic E-state index is 0.162. The number of carbonyl (C=O) groups is 1. The lowest BCUT2D eigenvalue weighted by Crippen LogP contribution is -2.07. The number of ketones is 1. The second kappa shape index (κ2) is 6.41. The van der Waals surface area contributed by atoms with E-state index in [2.05, 4.69) is 24.0 Å². The van der Waals surface area contributed by atoms with Crippen molar-refractivity contribution in [3.63, 3.8) is 0 Å². The van der Waals surface area contributed by atoms with E-state index in [9.17, 15) is 4.79 Å². The van der Waals surface area contributed by atoms with Crippen LogP contribution in [0.1, 0.15) is 44.9 Å². The van der Waals surface area contributed by atoms with Gasteiger partial charge >= 0.3 is 0 Å². The minimum Gasteiger partial charge on any atom is -0.299 e. The number of Topliss-reactive ketones (excluding diaryl/α,β-unsaturated/α-hetero) is 1. The smallest absolute Gasteiger partial charge is 0.135 e. The summed E-state index contributed by atoms with van der Waals surface area (Å²) < 4.78 is 0. The van der Waals surface area contributed by atoms with Crippen molar-refractivity contribution in [3.05, 3.63) is 29.6 Å². The SMILES string of the molecule is CCc1ccc(CCCC(=O)C(C)C)nc1. The van der Waals surface area contributed by atoms with Gasteiger partial charge in [0.2, 0.25) is 0 Å². The molecule has 0 unspecified atom stereocenters. The average molecular weight is 219 g/mol. The molecule has 0 saturated heterocycles. The Morgan fingerprint density at radius 2 is 2.12 bits per heavy atom. The van der Waals surface area contributed by atoms with Crippen LogP contribution in [0, 0.1) is 5.92 Å². The molecule has 0 aliphatic heterocycles. The first kappa shape index (κ1) is 12.9. The monoisotopic (exact) mass is 219 g/mol. The van der Waals surface area contributed by atoms with Crippen LogP contribution < -0.4 is 0 Å². The molecule has 0 spiro atoms. The fraction of sp³-hybridized carbons (Fsp3) is 0.571. The summed E-state index contributed by atoms with van der Waals surface area (Å²) in [5.74, 6) is 0.514. The molecular weight excluding hydrogens is 198 g/mol. The Morgan fingerprint density at radius 3 is 2.62 bits per heavy atom. The maximum absolute atomic E-state index is 11.4. The molecule has 0 bridgehead atoms. The summed E-state index contributed by atoms with van der Waals surface area (Å²) in [5, 5.41) is 0. The van der Waals surface area contributed by atoms with Crippen molar-refractivity contribution in [2.45, 2.75) is 46.5 Å². The van der Waals surface area contributed by atoms with Crippen molar-refractivity contribution in [3.8, 4) is 0 Å². The number of nitrogens with zero attached hydrogens (tertiary/aromatic N) is 1. The van der Waals surface area contributed by atoms with Crippen molar-refractivity contribution in [2.24, 2.45) is 5.92 Å². The molecule has 1 rings (SSSR count). The van der Waals surface area contributed by atoms with Gasteiger partial charge in [-0.3, -0.25) is 9.78 Å². The number of hydrogen-bond donors (Lipinski definition) is 0. The summed E-state index contributed by atoms with van der Waals surface area (Å²) >= 11 is 0. The summed E-state index contributed by atoms with van der Waals surface area (Å²) in [7, 11) is 0. The third-order valence-corrected chi connectivity index (χ3v) is 2.79. The van der Waals surface area contributed by atoms with Gasteiger partial charge in [-0.1, -0.05) is 26.8 Å². The highest BCUT2D eigenvalue weighted by Crippen LogP contribution is 2.07. The number of rotatable bonds is 6. The highest BCUT2D eigenvalue weighted by molar-refractivity contribution is 5.80. The van der Waals surface area contributed by atoms with E-state index in [1.54, 1.807) is 0 Å². The quantitative estimate of drug-likeness (QED) is 0.735. The summed E-state index contributed by atoms with van der Waals surface area (Å²) in [6.07, 6.45) is 5.45. The molecule has 0 atom stereocenters. The lowest BCUT2D eigenvalue weighted by atomic mass is 10.0. The van der Waals surface area contributed by atoms with Crippen LogP contribution in [0.3, 0.4) is 0 Å². The topological polar surface area (TPSA) is 30.0 Å². The van der Waals surface area contributed by atoms with E-state index < -0.39 is 0 Å². The number of pyridine rings is 1. The summed E-state index contributed by atoms with van der Waals surface area (Å²) in [5.41, 5.74) is 2.36. The Morgan fingerprint density at radius 1 is 1.38 bits per heavy atom. The van der Waals surface area contributed by atoms with E-state index in [1.807, 2.05) is 20.0 Å².